The van der Waals surface area contributed by atoms with Gasteiger partial charge in [-0.05, 0) is 36.9 Å². The third kappa shape index (κ3) is 4.80. The van der Waals surface area contributed by atoms with Crippen molar-refractivity contribution in [3.8, 4) is 5.75 Å². The first-order valence-electron chi connectivity index (χ1n) is 6.52. The SMILES string of the molecule is CN(CCOc1ccc(CN)cc1)Cc1ccc(Cl)s1. The molecule has 0 radical (unpaired) electrons. The highest BCUT2D eigenvalue weighted by Crippen LogP contribution is 2.22. The molecule has 1 heterocycles. The third-order valence-corrected chi connectivity index (χ3v) is 4.17. The van der Waals surface area contributed by atoms with Crippen molar-refractivity contribution >= 4 is 22.9 Å². The van der Waals surface area contributed by atoms with Gasteiger partial charge in [0.1, 0.15) is 12.4 Å². The van der Waals surface area contributed by atoms with Crippen LogP contribution in [-0.4, -0.2) is 25.1 Å². The minimum atomic E-state index is 0.562. The molecule has 0 saturated heterocycles. The Morgan fingerprint density at radius 1 is 1.20 bits per heavy atom. The summed E-state index contributed by atoms with van der Waals surface area (Å²) in [5.41, 5.74) is 6.67. The molecule has 0 spiro atoms. The maximum Gasteiger partial charge on any atom is 0.119 e. The van der Waals surface area contributed by atoms with E-state index in [0.29, 0.717) is 13.2 Å². The molecule has 0 bridgehead atoms. The molecule has 20 heavy (non-hydrogen) atoms. The number of ether oxygens (including phenoxy) is 1. The summed E-state index contributed by atoms with van der Waals surface area (Å²) in [5.74, 6) is 0.884. The van der Waals surface area contributed by atoms with E-state index in [4.69, 9.17) is 22.1 Å². The van der Waals surface area contributed by atoms with E-state index in [-0.39, 0.29) is 0 Å². The lowest BCUT2D eigenvalue weighted by Crippen LogP contribution is -2.23. The summed E-state index contributed by atoms with van der Waals surface area (Å²) in [7, 11) is 2.08. The van der Waals surface area contributed by atoms with Gasteiger partial charge in [0.2, 0.25) is 0 Å². The largest absolute Gasteiger partial charge is 0.492 e. The zero-order valence-electron chi connectivity index (χ0n) is 11.5. The van der Waals surface area contributed by atoms with Gasteiger partial charge in [-0.25, -0.2) is 0 Å². The molecule has 0 saturated carbocycles. The molecule has 2 rings (SSSR count). The lowest BCUT2D eigenvalue weighted by molar-refractivity contribution is 0.234. The quantitative estimate of drug-likeness (QED) is 0.852. The number of benzene rings is 1. The summed E-state index contributed by atoms with van der Waals surface area (Å²) >= 11 is 7.54. The van der Waals surface area contributed by atoms with E-state index in [1.165, 1.54) is 4.88 Å². The van der Waals surface area contributed by atoms with Crippen LogP contribution in [0.1, 0.15) is 10.4 Å². The van der Waals surface area contributed by atoms with Crippen molar-refractivity contribution in [1.82, 2.24) is 4.90 Å². The monoisotopic (exact) mass is 310 g/mol. The van der Waals surface area contributed by atoms with E-state index < -0.39 is 0 Å². The molecular formula is C15H19ClN2OS. The highest BCUT2D eigenvalue weighted by Gasteiger charge is 2.03. The van der Waals surface area contributed by atoms with Crippen molar-refractivity contribution in [3.05, 3.63) is 51.2 Å². The number of hydrogen-bond donors (Lipinski definition) is 1. The number of rotatable bonds is 7. The topological polar surface area (TPSA) is 38.5 Å². The minimum absolute atomic E-state index is 0.562. The molecule has 0 aliphatic carbocycles. The zero-order valence-corrected chi connectivity index (χ0v) is 13.1. The van der Waals surface area contributed by atoms with Crippen molar-refractivity contribution in [1.29, 1.82) is 0 Å². The Balaban J connectivity index is 1.71. The molecule has 108 valence electrons. The maximum atomic E-state index is 5.92. The van der Waals surface area contributed by atoms with Crippen LogP contribution in [0.3, 0.4) is 0 Å². The number of likely N-dealkylation sites (N-methyl/N-ethyl adjacent to an activating group) is 1. The van der Waals surface area contributed by atoms with Crippen LogP contribution in [0.25, 0.3) is 0 Å². The lowest BCUT2D eigenvalue weighted by atomic mass is 10.2. The highest BCUT2D eigenvalue weighted by molar-refractivity contribution is 7.16. The van der Waals surface area contributed by atoms with Crippen molar-refractivity contribution in [2.45, 2.75) is 13.1 Å². The van der Waals surface area contributed by atoms with Crippen molar-refractivity contribution < 1.29 is 4.74 Å². The van der Waals surface area contributed by atoms with Gasteiger partial charge >= 0.3 is 0 Å². The molecule has 2 N–H and O–H groups in total. The number of halogens is 1. The van der Waals surface area contributed by atoms with E-state index in [1.54, 1.807) is 11.3 Å². The van der Waals surface area contributed by atoms with Crippen LogP contribution in [0.5, 0.6) is 5.75 Å². The summed E-state index contributed by atoms with van der Waals surface area (Å²) in [4.78, 5) is 3.49. The van der Waals surface area contributed by atoms with Gasteiger partial charge < -0.3 is 10.5 Å². The molecule has 2 aromatic rings. The summed E-state index contributed by atoms with van der Waals surface area (Å²) in [5, 5.41) is 0. The van der Waals surface area contributed by atoms with Crippen LogP contribution in [0.15, 0.2) is 36.4 Å². The van der Waals surface area contributed by atoms with Crippen LogP contribution >= 0.6 is 22.9 Å². The molecule has 5 heteroatoms. The predicted molar refractivity (Wildman–Crippen MR) is 85.5 cm³/mol. The highest BCUT2D eigenvalue weighted by atomic mass is 35.5. The van der Waals surface area contributed by atoms with Crippen molar-refractivity contribution in [3.63, 3.8) is 0 Å². The van der Waals surface area contributed by atoms with Crippen LogP contribution in [-0.2, 0) is 13.1 Å². The summed E-state index contributed by atoms with van der Waals surface area (Å²) in [6, 6.07) is 11.9. The third-order valence-electron chi connectivity index (χ3n) is 2.96. The first-order valence-corrected chi connectivity index (χ1v) is 7.71. The molecule has 0 unspecified atom stereocenters. The summed E-state index contributed by atoms with van der Waals surface area (Å²) < 4.78 is 6.55. The Labute approximate surface area is 128 Å². The van der Waals surface area contributed by atoms with E-state index in [9.17, 15) is 0 Å². The molecule has 1 aromatic carbocycles. The fraction of sp³-hybridized carbons (Fsp3) is 0.333. The van der Waals surface area contributed by atoms with E-state index in [1.807, 2.05) is 30.3 Å². The van der Waals surface area contributed by atoms with Crippen molar-refractivity contribution in [2.75, 3.05) is 20.2 Å². The number of nitrogens with two attached hydrogens (primary N) is 1. The van der Waals surface area contributed by atoms with Crippen LogP contribution < -0.4 is 10.5 Å². The zero-order chi connectivity index (χ0) is 14.4. The van der Waals surface area contributed by atoms with Gasteiger partial charge in [0.05, 0.1) is 4.34 Å². The Morgan fingerprint density at radius 3 is 2.55 bits per heavy atom. The molecule has 0 amide bonds. The number of hydrogen-bond acceptors (Lipinski definition) is 4. The van der Waals surface area contributed by atoms with Crippen LogP contribution in [0.4, 0.5) is 0 Å². The van der Waals surface area contributed by atoms with Gasteiger partial charge in [0, 0.05) is 24.5 Å². The average molecular weight is 311 g/mol. The minimum Gasteiger partial charge on any atom is -0.492 e. The van der Waals surface area contributed by atoms with Gasteiger partial charge in [0.25, 0.3) is 0 Å². The molecule has 0 fully saturated rings. The van der Waals surface area contributed by atoms with E-state index in [2.05, 4.69) is 18.0 Å². The summed E-state index contributed by atoms with van der Waals surface area (Å²) in [6.45, 7) is 2.99. The predicted octanol–water partition coefficient (Wildman–Crippen LogP) is 3.37. The first-order chi connectivity index (χ1) is 9.67. The van der Waals surface area contributed by atoms with Crippen LogP contribution in [0, 0.1) is 0 Å². The molecule has 1 aromatic heterocycles. The first kappa shape index (κ1) is 15.3. The second-order valence-electron chi connectivity index (χ2n) is 4.64. The Morgan fingerprint density at radius 2 is 1.95 bits per heavy atom. The average Bonchev–Trinajstić information content (AvgIpc) is 2.85. The molecule has 3 nitrogen and oxygen atoms in total. The van der Waals surface area contributed by atoms with Gasteiger partial charge in [0.15, 0.2) is 0 Å². The fourth-order valence-corrected chi connectivity index (χ4v) is 2.99. The second-order valence-corrected chi connectivity index (χ2v) is 6.44. The van der Waals surface area contributed by atoms with Crippen LogP contribution in [0.2, 0.25) is 4.34 Å². The normalized spacial score (nSPS) is 11.0. The molecule has 0 atom stereocenters. The maximum absolute atomic E-state index is 5.92. The smallest absolute Gasteiger partial charge is 0.119 e. The Kier molecular flexibility index (Phi) is 5.86. The number of thiophene rings is 1. The van der Waals surface area contributed by atoms with Gasteiger partial charge in [-0.3, -0.25) is 4.90 Å². The Bertz CT molecular complexity index is 527. The fourth-order valence-electron chi connectivity index (χ4n) is 1.82. The van der Waals surface area contributed by atoms with Gasteiger partial charge in [-0.15, -0.1) is 11.3 Å². The van der Waals surface area contributed by atoms with E-state index in [0.717, 1.165) is 28.7 Å². The Hall–Kier alpha value is -1.07. The molecule has 0 aliphatic rings. The van der Waals surface area contributed by atoms with Gasteiger partial charge in [-0.1, -0.05) is 23.7 Å². The van der Waals surface area contributed by atoms with E-state index >= 15 is 0 Å². The number of nitrogens with zero attached hydrogens (tertiary/aromatic N) is 1. The molecule has 0 aliphatic heterocycles. The standard InChI is InChI=1S/C15H19ClN2OS/c1-18(11-14-6-7-15(16)20-14)8-9-19-13-4-2-12(10-17)3-5-13/h2-7H,8-11,17H2,1H3. The second kappa shape index (κ2) is 7.64. The van der Waals surface area contributed by atoms with Gasteiger partial charge in [-0.2, -0.15) is 0 Å². The lowest BCUT2D eigenvalue weighted by Gasteiger charge is -2.16. The molecular weight excluding hydrogens is 292 g/mol. The van der Waals surface area contributed by atoms with Crippen molar-refractivity contribution in [2.24, 2.45) is 5.73 Å². The summed E-state index contributed by atoms with van der Waals surface area (Å²) in [6.07, 6.45) is 0.